The van der Waals surface area contributed by atoms with E-state index in [1.807, 2.05) is 24.3 Å². The molecule has 0 aliphatic carbocycles. The first-order valence-electron chi connectivity index (χ1n) is 29.3. The largest absolute Gasteiger partial charge is 0.504 e. The minimum absolute atomic E-state index is 0.00967. The number of aliphatic hydroxyl groups is 6. The van der Waals surface area contributed by atoms with Gasteiger partial charge < -0.3 is 91.5 Å². The number of methoxy groups -OCH3 is 1. The molecule has 0 unspecified atom stereocenters. The van der Waals surface area contributed by atoms with E-state index in [0.29, 0.717) is 27.9 Å². The summed E-state index contributed by atoms with van der Waals surface area (Å²) in [6, 6.07) is 5.24. The van der Waals surface area contributed by atoms with E-state index in [-0.39, 0.29) is 30.6 Å². The number of hydrogen-bond acceptors (Lipinski definition) is 24. The third-order valence-electron chi connectivity index (χ3n) is 15.6. The zero-order valence-corrected chi connectivity index (χ0v) is 51.3. The van der Waals surface area contributed by atoms with Crippen molar-refractivity contribution < 1.29 is 96.6 Å². The fourth-order valence-corrected chi connectivity index (χ4v) is 11.9. The monoisotopic (exact) mass is 1300 g/mol. The summed E-state index contributed by atoms with van der Waals surface area (Å²) in [7, 11) is 1.69. The van der Waals surface area contributed by atoms with Crippen molar-refractivity contribution in [2.75, 3.05) is 46.5 Å². The molecule has 3 aliphatic heterocycles. The van der Waals surface area contributed by atoms with Crippen LogP contribution >= 0.6 is 22.5 Å². The van der Waals surface area contributed by atoms with Gasteiger partial charge in [-0.25, -0.2) is 0 Å². The van der Waals surface area contributed by atoms with Gasteiger partial charge in [0, 0.05) is 75.2 Å². The number of aliphatic hydroxyl groups excluding tert-OH is 6. The average molecular weight is 1300 g/mol. The van der Waals surface area contributed by atoms with E-state index in [9.17, 15) is 83.0 Å². The van der Waals surface area contributed by atoms with Gasteiger partial charge in [0.05, 0.1) is 43.2 Å². The summed E-state index contributed by atoms with van der Waals surface area (Å²) in [5, 5.41) is 100. The van der Waals surface area contributed by atoms with E-state index in [4.69, 9.17) is 15.2 Å². The number of fused-ring (bicyclic) bond motifs is 2. The standard InChI is InChI=1S/C58H80N10O20S2/c1-30-28-68-48(49(30)75)54(80)60-27-36(70)25-39(61-50(76)33-10-12-34(13-11-33)55-65-66-56(89-55)35-14-16-38(17-15-35)87-22-8-6-4-5-7-21-86-3)51(77)62-45(31(2)69)57(81)67-29-37(71)26-40(67)52(78)63-46(53(79)64-47(58(68)82)42(73)19-20-59)43(74)23-32-9-18-41(72)44(24-32)88-90(83,84)85/h9-18,24,30-31,36-37,39-40,42-43,45-49,69-75,83-85H,4-8,19-23,25-29,59H2,1-3H3,(H,60,80)(H,61,76)(H,62,77)(H,63,78)(H,64,79)/t30-,31+,36+,37+,39-,40-,42+,43+,45-,46-,47-,48-,49-/m0/s1. The molecule has 4 heterocycles. The number of benzene rings is 3. The van der Waals surface area contributed by atoms with Crippen LogP contribution in [0.1, 0.15) is 81.1 Å². The predicted octanol–water partition coefficient (Wildman–Crippen LogP) is -0.632. The Hall–Kier alpha value is -7.18. The Balaban J connectivity index is 1.15. The number of β-amino-alcohol motifs (C(OH)–C–C–N with tert-alkyl or cyclic N) is 1. The third-order valence-corrected chi connectivity index (χ3v) is 17.0. The van der Waals surface area contributed by atoms with Crippen LogP contribution in [0.15, 0.2) is 66.7 Å². The van der Waals surface area contributed by atoms with E-state index >= 15 is 0 Å². The van der Waals surface area contributed by atoms with Crippen LogP contribution in [0.4, 0.5) is 0 Å². The van der Waals surface area contributed by atoms with Crippen LogP contribution in [-0.2, 0) is 39.9 Å². The Morgan fingerprint density at radius 1 is 0.744 bits per heavy atom. The number of carbonyl (C=O) groups is 7. The van der Waals surface area contributed by atoms with E-state index in [1.165, 1.54) is 36.5 Å². The second-order valence-corrected chi connectivity index (χ2v) is 24.6. The number of hydrogen-bond donors (Lipinski definition) is 16. The lowest BCUT2D eigenvalue weighted by Gasteiger charge is -2.34. The van der Waals surface area contributed by atoms with E-state index < -0.39 is 175 Å². The zero-order valence-electron chi connectivity index (χ0n) is 49.7. The first-order valence-corrected chi connectivity index (χ1v) is 31.6. The van der Waals surface area contributed by atoms with Crippen LogP contribution in [-0.4, -0.2) is 230 Å². The van der Waals surface area contributed by atoms with Gasteiger partial charge in [-0.3, -0.25) is 47.2 Å². The molecule has 0 spiro atoms. The summed E-state index contributed by atoms with van der Waals surface area (Å²) in [5.74, 6) is -9.49. The molecule has 0 saturated carbocycles. The molecule has 32 heteroatoms. The maximum atomic E-state index is 14.7. The summed E-state index contributed by atoms with van der Waals surface area (Å²) >= 11 is -3.42. The highest BCUT2D eigenvalue weighted by molar-refractivity contribution is 8.15. The number of aromatic hydroxyl groups is 1. The molecule has 7 amide bonds. The Labute approximate surface area is 523 Å². The van der Waals surface area contributed by atoms with E-state index in [0.717, 1.165) is 73.1 Å². The summed E-state index contributed by atoms with van der Waals surface area (Å²) in [6.45, 7) is 2.07. The van der Waals surface area contributed by atoms with Gasteiger partial charge in [0.1, 0.15) is 52.0 Å². The molecule has 3 aliphatic rings. The smallest absolute Gasteiger partial charge is 0.266 e. The van der Waals surface area contributed by atoms with E-state index in [1.54, 1.807) is 19.2 Å². The first-order chi connectivity index (χ1) is 42.8. The molecule has 494 valence electrons. The van der Waals surface area contributed by atoms with Gasteiger partial charge in [0.15, 0.2) is 11.5 Å². The van der Waals surface area contributed by atoms with Gasteiger partial charge in [-0.1, -0.05) is 55.7 Å². The topological polar surface area (TPSA) is 468 Å². The minimum Gasteiger partial charge on any atom is -0.504 e. The lowest BCUT2D eigenvalue weighted by atomic mass is 9.98. The molecular weight excluding hydrogens is 1220 g/mol. The lowest BCUT2D eigenvalue weighted by Crippen LogP contribution is -2.64. The molecule has 4 aromatic rings. The number of phenolic OH excluding ortho intramolecular Hbond substituents is 1. The van der Waals surface area contributed by atoms with Crippen LogP contribution in [0, 0.1) is 5.92 Å². The van der Waals surface area contributed by atoms with Gasteiger partial charge in [0.2, 0.25) is 35.4 Å². The van der Waals surface area contributed by atoms with Crippen molar-refractivity contribution in [1.82, 2.24) is 46.6 Å². The molecule has 0 bridgehead atoms. The van der Waals surface area contributed by atoms with Gasteiger partial charge in [-0.2, -0.15) is 0 Å². The van der Waals surface area contributed by atoms with Crippen LogP contribution in [0.25, 0.3) is 21.1 Å². The Morgan fingerprint density at radius 2 is 1.36 bits per heavy atom. The number of nitrogens with one attached hydrogen (secondary N) is 5. The van der Waals surface area contributed by atoms with Crippen molar-refractivity contribution in [2.45, 2.75) is 145 Å². The zero-order chi connectivity index (χ0) is 65.6. The Kier molecular flexibility index (Phi) is 25.1. The first kappa shape index (κ1) is 70.3. The van der Waals surface area contributed by atoms with Crippen molar-refractivity contribution in [3.05, 3.63) is 77.9 Å². The highest BCUT2D eigenvalue weighted by Gasteiger charge is 2.50. The van der Waals surface area contributed by atoms with Crippen molar-refractivity contribution in [2.24, 2.45) is 11.7 Å². The average Bonchev–Trinajstić information content (AvgIpc) is 1.67. The molecule has 17 N–H and O–H groups in total. The quantitative estimate of drug-likeness (QED) is 0.0436. The third kappa shape index (κ3) is 18.7. The normalized spacial score (nSPS) is 25.3. The molecule has 3 aromatic carbocycles. The summed E-state index contributed by atoms with van der Waals surface area (Å²) in [5.41, 5.74) is 7.12. The molecule has 0 radical (unpaired) electrons. The number of phenols is 1. The maximum Gasteiger partial charge on any atom is 0.266 e. The number of nitrogens with zero attached hydrogens (tertiary/aromatic N) is 4. The molecule has 3 saturated heterocycles. The number of aromatic nitrogens is 2. The van der Waals surface area contributed by atoms with Crippen molar-refractivity contribution in [1.29, 1.82) is 0 Å². The molecule has 13 atom stereocenters. The predicted molar refractivity (Wildman–Crippen MR) is 324 cm³/mol. The van der Waals surface area contributed by atoms with Crippen LogP contribution < -0.4 is 41.2 Å². The molecule has 3 fully saturated rings. The Bertz CT molecular complexity index is 3100. The van der Waals surface area contributed by atoms with Crippen molar-refractivity contribution in [3.8, 4) is 38.4 Å². The van der Waals surface area contributed by atoms with Crippen molar-refractivity contribution >= 4 is 63.8 Å². The molecule has 1 aromatic heterocycles. The van der Waals surface area contributed by atoms with Crippen molar-refractivity contribution in [3.63, 3.8) is 0 Å². The molecule has 30 nitrogen and oxygen atoms in total. The van der Waals surface area contributed by atoms with Gasteiger partial charge in [-0.05, 0) is 86.8 Å². The second-order valence-electron chi connectivity index (χ2n) is 22.6. The SMILES string of the molecule is COCCCCCCCOc1ccc(-c2nnc(-c3ccc(C(=O)N[C@H]4C[C@@H](O)CNC(=O)[C@@H]5[C@@H](O)[C@@H](C)CN5C(=O)[C@H]([C@H](O)CCN)NC(=O)[C@H]([C@H](O)Cc5ccc(O)c(OS(O)(O)O)c5)NC(=O)[C@@H]5C[C@@H](O)CN5C(=O)[C@H]([C@@H](C)O)NC4=O)cc3)s2)cc1. The highest BCUT2D eigenvalue weighted by Crippen LogP contribution is 2.41. The number of unbranched alkanes of at least 4 members (excludes halogenated alkanes) is 4. The van der Waals surface area contributed by atoms with Gasteiger partial charge in [0.25, 0.3) is 17.1 Å². The molecule has 7 rings (SSSR count). The second kappa shape index (κ2) is 32.2. The van der Waals surface area contributed by atoms with Crippen LogP contribution in [0.3, 0.4) is 0 Å². The number of rotatable bonds is 22. The summed E-state index contributed by atoms with van der Waals surface area (Å²) in [6.07, 6.45) is -7.42. The fraction of sp³-hybridized carbons (Fsp3) is 0.534. The van der Waals surface area contributed by atoms with Crippen LogP contribution in [0.5, 0.6) is 17.2 Å². The summed E-state index contributed by atoms with van der Waals surface area (Å²) < 4.78 is 44.2. The number of nitrogens with two attached hydrogens (primary N) is 1. The minimum atomic E-state index is -4.71. The number of ether oxygens (including phenoxy) is 2. The molecular formula is C58H80N10O20S2. The highest BCUT2D eigenvalue weighted by atomic mass is 32.3. The number of amides is 7. The van der Waals surface area contributed by atoms with Gasteiger partial charge in [-0.15, -0.1) is 10.2 Å². The summed E-state index contributed by atoms with van der Waals surface area (Å²) in [4.78, 5) is 103. The Morgan fingerprint density at radius 3 is 1.99 bits per heavy atom. The van der Waals surface area contributed by atoms with Crippen LogP contribution in [0.2, 0.25) is 0 Å². The lowest BCUT2D eigenvalue weighted by molar-refractivity contribution is -0.147. The van der Waals surface area contributed by atoms with Gasteiger partial charge >= 0.3 is 0 Å². The number of carbonyl (C=O) groups excluding carboxylic acids is 7. The van der Waals surface area contributed by atoms with E-state index in [2.05, 4.69) is 41.0 Å². The molecule has 90 heavy (non-hydrogen) atoms. The maximum absolute atomic E-state index is 14.7. The fourth-order valence-electron chi connectivity index (χ4n) is 10.7.